The lowest BCUT2D eigenvalue weighted by Gasteiger charge is -2.18. The van der Waals surface area contributed by atoms with E-state index in [1.165, 1.54) is 6.07 Å². The third-order valence-electron chi connectivity index (χ3n) is 4.83. The number of carbonyl (C=O) groups excluding carboxylic acids is 2. The molecule has 0 saturated carbocycles. The Bertz CT molecular complexity index is 840. The summed E-state index contributed by atoms with van der Waals surface area (Å²) in [5.74, 6) is -1.04. The Morgan fingerprint density at radius 3 is 2.50 bits per heavy atom. The average molecular weight is 354 g/mol. The van der Waals surface area contributed by atoms with Gasteiger partial charge in [-0.3, -0.25) is 9.59 Å². The van der Waals surface area contributed by atoms with Crippen LogP contribution in [0.25, 0.3) is 0 Å². The van der Waals surface area contributed by atoms with Crippen LogP contribution >= 0.6 is 0 Å². The summed E-state index contributed by atoms with van der Waals surface area (Å²) in [6, 6.07) is 10.4. The summed E-state index contributed by atoms with van der Waals surface area (Å²) >= 11 is 0. The Morgan fingerprint density at radius 1 is 1.19 bits per heavy atom. The van der Waals surface area contributed by atoms with Crippen LogP contribution in [-0.2, 0) is 16.1 Å². The average Bonchev–Trinajstić information content (AvgIpc) is 2.94. The maximum Gasteiger partial charge on any atom is 0.229 e. The Labute approximate surface area is 153 Å². The number of hydrogen-bond acceptors (Lipinski definition) is 2. The van der Waals surface area contributed by atoms with Crippen LogP contribution in [0.15, 0.2) is 36.4 Å². The standard InChI is InChI=1S/C21H23FN2O2/c1-13-8-14(2)20(15(3)9-13)23-21(26)17-10-19(25)24(12-17)11-16-6-4-5-7-18(16)22/h4-9,17H,10-12H2,1-3H3,(H,23,26). The molecule has 1 unspecified atom stereocenters. The molecule has 0 radical (unpaired) electrons. The fourth-order valence-electron chi connectivity index (χ4n) is 3.54. The number of amides is 2. The number of benzene rings is 2. The van der Waals surface area contributed by atoms with Crippen LogP contribution in [0.3, 0.4) is 0 Å². The first-order chi connectivity index (χ1) is 12.3. The van der Waals surface area contributed by atoms with Crippen molar-refractivity contribution >= 4 is 17.5 Å². The van der Waals surface area contributed by atoms with Crippen LogP contribution in [0.4, 0.5) is 10.1 Å². The highest BCUT2D eigenvalue weighted by Gasteiger charge is 2.34. The number of anilines is 1. The lowest BCUT2D eigenvalue weighted by atomic mass is 10.0. The predicted octanol–water partition coefficient (Wildman–Crippen LogP) is 3.74. The molecule has 2 aromatic rings. The Hall–Kier alpha value is -2.69. The van der Waals surface area contributed by atoms with Gasteiger partial charge in [-0.05, 0) is 38.0 Å². The van der Waals surface area contributed by atoms with E-state index in [9.17, 15) is 14.0 Å². The van der Waals surface area contributed by atoms with Crippen molar-refractivity contribution in [1.82, 2.24) is 4.90 Å². The second kappa shape index (κ2) is 7.28. The summed E-state index contributed by atoms with van der Waals surface area (Å²) in [7, 11) is 0. The van der Waals surface area contributed by atoms with Gasteiger partial charge in [0.1, 0.15) is 5.82 Å². The number of aryl methyl sites for hydroxylation is 3. The van der Waals surface area contributed by atoms with E-state index < -0.39 is 5.92 Å². The Balaban J connectivity index is 1.69. The van der Waals surface area contributed by atoms with Crippen LogP contribution in [0, 0.1) is 32.5 Å². The molecule has 1 atom stereocenters. The predicted molar refractivity (Wildman–Crippen MR) is 99.2 cm³/mol. The van der Waals surface area contributed by atoms with Crippen LogP contribution in [-0.4, -0.2) is 23.3 Å². The molecule has 0 aromatic heterocycles. The molecule has 1 aliphatic rings. The quantitative estimate of drug-likeness (QED) is 0.909. The number of nitrogens with one attached hydrogen (secondary N) is 1. The van der Waals surface area contributed by atoms with Crippen molar-refractivity contribution < 1.29 is 14.0 Å². The van der Waals surface area contributed by atoms with Crippen molar-refractivity contribution in [2.24, 2.45) is 5.92 Å². The van der Waals surface area contributed by atoms with Crippen molar-refractivity contribution in [3.8, 4) is 0 Å². The van der Waals surface area contributed by atoms with E-state index >= 15 is 0 Å². The topological polar surface area (TPSA) is 49.4 Å². The summed E-state index contributed by atoms with van der Waals surface area (Å²) in [4.78, 5) is 26.5. The van der Waals surface area contributed by atoms with Crippen LogP contribution in [0.2, 0.25) is 0 Å². The molecule has 4 nitrogen and oxygen atoms in total. The smallest absolute Gasteiger partial charge is 0.229 e. The third kappa shape index (κ3) is 3.77. The zero-order valence-electron chi connectivity index (χ0n) is 15.3. The minimum Gasteiger partial charge on any atom is -0.337 e. The van der Waals surface area contributed by atoms with Crippen molar-refractivity contribution in [3.05, 3.63) is 64.5 Å². The Morgan fingerprint density at radius 2 is 1.85 bits per heavy atom. The molecule has 1 fully saturated rings. The molecule has 136 valence electrons. The van der Waals surface area contributed by atoms with Gasteiger partial charge in [0.05, 0.1) is 5.92 Å². The van der Waals surface area contributed by atoms with Crippen LogP contribution < -0.4 is 5.32 Å². The van der Waals surface area contributed by atoms with Gasteiger partial charge in [0.15, 0.2) is 0 Å². The molecule has 0 spiro atoms. The SMILES string of the molecule is Cc1cc(C)c(NC(=O)C2CC(=O)N(Cc3ccccc3F)C2)c(C)c1. The van der Waals surface area contributed by atoms with Gasteiger partial charge in [0, 0.05) is 30.8 Å². The van der Waals surface area contributed by atoms with Gasteiger partial charge in [0.25, 0.3) is 0 Å². The van der Waals surface area contributed by atoms with Gasteiger partial charge < -0.3 is 10.2 Å². The highest BCUT2D eigenvalue weighted by atomic mass is 19.1. The molecule has 0 bridgehead atoms. The fraction of sp³-hybridized carbons (Fsp3) is 0.333. The number of halogens is 1. The second-order valence-electron chi connectivity index (χ2n) is 7.03. The molecule has 26 heavy (non-hydrogen) atoms. The largest absolute Gasteiger partial charge is 0.337 e. The molecule has 1 heterocycles. The summed E-state index contributed by atoms with van der Waals surface area (Å²) < 4.78 is 13.8. The molecule has 0 aliphatic carbocycles. The van der Waals surface area contributed by atoms with Crippen molar-refractivity contribution in [2.75, 3.05) is 11.9 Å². The highest BCUT2D eigenvalue weighted by molar-refractivity contribution is 5.98. The summed E-state index contributed by atoms with van der Waals surface area (Å²) in [6.45, 7) is 6.43. The molecular formula is C21H23FN2O2. The fourth-order valence-corrected chi connectivity index (χ4v) is 3.54. The van der Waals surface area contributed by atoms with Crippen molar-refractivity contribution in [3.63, 3.8) is 0 Å². The lowest BCUT2D eigenvalue weighted by Crippen LogP contribution is -2.28. The maximum atomic E-state index is 13.8. The first-order valence-electron chi connectivity index (χ1n) is 8.75. The molecule has 1 N–H and O–H groups in total. The molecule has 5 heteroatoms. The van der Waals surface area contributed by atoms with Crippen LogP contribution in [0.5, 0.6) is 0 Å². The number of likely N-dealkylation sites (tertiary alicyclic amines) is 1. The van der Waals surface area contributed by atoms with Gasteiger partial charge in [0.2, 0.25) is 11.8 Å². The van der Waals surface area contributed by atoms with E-state index in [4.69, 9.17) is 0 Å². The minimum absolute atomic E-state index is 0.120. The first-order valence-corrected chi connectivity index (χ1v) is 8.75. The van der Waals surface area contributed by atoms with E-state index in [2.05, 4.69) is 5.32 Å². The molecule has 2 amide bonds. The number of rotatable bonds is 4. The van der Waals surface area contributed by atoms with Crippen molar-refractivity contribution in [2.45, 2.75) is 33.7 Å². The van der Waals surface area contributed by atoms with E-state index in [1.807, 2.05) is 32.9 Å². The Kier molecular flexibility index (Phi) is 5.07. The molecule has 3 rings (SSSR count). The van der Waals surface area contributed by atoms with Gasteiger partial charge in [-0.1, -0.05) is 35.9 Å². The first kappa shape index (κ1) is 18.1. The number of nitrogens with zero attached hydrogens (tertiary/aromatic N) is 1. The van der Waals surface area contributed by atoms with E-state index in [0.29, 0.717) is 12.1 Å². The zero-order valence-corrected chi connectivity index (χ0v) is 15.3. The molecule has 1 saturated heterocycles. The van der Waals surface area contributed by atoms with Crippen molar-refractivity contribution in [1.29, 1.82) is 0 Å². The normalized spacial score (nSPS) is 16.8. The maximum absolute atomic E-state index is 13.8. The van der Waals surface area contributed by atoms with Gasteiger partial charge in [-0.25, -0.2) is 4.39 Å². The summed E-state index contributed by atoms with van der Waals surface area (Å²) in [6.07, 6.45) is 0.157. The van der Waals surface area contributed by atoms with Gasteiger partial charge in [-0.2, -0.15) is 0 Å². The van der Waals surface area contributed by atoms with E-state index in [1.54, 1.807) is 23.1 Å². The van der Waals surface area contributed by atoms with E-state index in [0.717, 1.165) is 22.4 Å². The summed E-state index contributed by atoms with van der Waals surface area (Å²) in [5, 5.41) is 2.97. The molecule has 2 aromatic carbocycles. The zero-order chi connectivity index (χ0) is 18.8. The van der Waals surface area contributed by atoms with E-state index in [-0.39, 0.29) is 30.6 Å². The molecule has 1 aliphatic heterocycles. The monoisotopic (exact) mass is 354 g/mol. The second-order valence-corrected chi connectivity index (χ2v) is 7.03. The third-order valence-corrected chi connectivity index (χ3v) is 4.83. The van der Waals surface area contributed by atoms with Gasteiger partial charge in [-0.15, -0.1) is 0 Å². The number of carbonyl (C=O) groups is 2. The lowest BCUT2D eigenvalue weighted by molar-refractivity contribution is -0.128. The minimum atomic E-state index is -0.422. The molecular weight excluding hydrogens is 331 g/mol. The highest BCUT2D eigenvalue weighted by Crippen LogP contribution is 2.26. The van der Waals surface area contributed by atoms with Crippen LogP contribution in [0.1, 0.15) is 28.7 Å². The number of hydrogen-bond donors (Lipinski definition) is 1. The summed E-state index contributed by atoms with van der Waals surface area (Å²) in [5.41, 5.74) is 4.42. The van der Waals surface area contributed by atoms with Gasteiger partial charge >= 0.3 is 0 Å².